The lowest BCUT2D eigenvalue weighted by molar-refractivity contribution is 0.0894. The van der Waals surface area contributed by atoms with Gasteiger partial charge in [-0.2, -0.15) is 5.10 Å². The van der Waals surface area contributed by atoms with Crippen LogP contribution in [0.25, 0.3) is 11.5 Å². The van der Waals surface area contributed by atoms with Crippen molar-refractivity contribution in [3.8, 4) is 11.5 Å². The van der Waals surface area contributed by atoms with Crippen molar-refractivity contribution in [2.24, 2.45) is 7.05 Å². The maximum atomic E-state index is 12.5. The van der Waals surface area contributed by atoms with Crippen LogP contribution >= 0.6 is 0 Å². The third kappa shape index (κ3) is 2.81. The van der Waals surface area contributed by atoms with Gasteiger partial charge in [-0.3, -0.25) is 9.48 Å². The molecule has 0 spiro atoms. The fourth-order valence-electron chi connectivity index (χ4n) is 2.67. The van der Waals surface area contributed by atoms with Crippen LogP contribution in [0.4, 0.5) is 0 Å². The van der Waals surface area contributed by atoms with E-state index >= 15 is 0 Å². The van der Waals surface area contributed by atoms with Gasteiger partial charge >= 0.3 is 0 Å². The Bertz CT molecular complexity index is 728. The Hall–Kier alpha value is -2.37. The second kappa shape index (κ2) is 5.44. The lowest BCUT2D eigenvalue weighted by Gasteiger charge is -2.31. The molecule has 2 heterocycles. The number of rotatable bonds is 3. The van der Waals surface area contributed by atoms with E-state index in [1.54, 1.807) is 24.0 Å². The molecule has 2 aromatic rings. The molecule has 0 radical (unpaired) electrons. The summed E-state index contributed by atoms with van der Waals surface area (Å²) in [4.78, 5) is 16.9. The summed E-state index contributed by atoms with van der Waals surface area (Å²) in [6, 6.07) is 0. The number of amides is 1. The first kappa shape index (κ1) is 14.6. The molecular formula is C16H20N4O2. The minimum absolute atomic E-state index is 0.186. The van der Waals surface area contributed by atoms with Gasteiger partial charge in [0.2, 0.25) is 5.89 Å². The number of nitrogens with one attached hydrogen (secondary N) is 1. The van der Waals surface area contributed by atoms with Crippen LogP contribution in [0.2, 0.25) is 0 Å². The first-order chi connectivity index (χ1) is 10.5. The van der Waals surface area contributed by atoms with Crippen molar-refractivity contribution in [2.75, 3.05) is 0 Å². The fraction of sp³-hybridized carbons (Fsp3) is 0.438. The van der Waals surface area contributed by atoms with Gasteiger partial charge in [0.15, 0.2) is 5.69 Å². The Balaban J connectivity index is 1.81. The summed E-state index contributed by atoms with van der Waals surface area (Å²) in [5.74, 6) is 0.755. The second-order valence-corrected chi connectivity index (χ2v) is 6.06. The van der Waals surface area contributed by atoms with Gasteiger partial charge in [0.25, 0.3) is 5.91 Å². The Morgan fingerprint density at radius 1 is 1.45 bits per heavy atom. The number of aryl methyl sites for hydroxylation is 2. The number of nitrogens with zero attached hydrogens (tertiary/aromatic N) is 3. The van der Waals surface area contributed by atoms with Gasteiger partial charge in [-0.15, -0.1) is 0 Å². The molecule has 6 nitrogen and oxygen atoms in total. The molecule has 0 aliphatic heterocycles. The van der Waals surface area contributed by atoms with Crippen molar-refractivity contribution >= 4 is 5.91 Å². The van der Waals surface area contributed by atoms with Crippen molar-refractivity contribution in [1.82, 2.24) is 20.1 Å². The Morgan fingerprint density at radius 3 is 2.91 bits per heavy atom. The summed E-state index contributed by atoms with van der Waals surface area (Å²) in [5.41, 5.74) is 0.886. The predicted molar refractivity (Wildman–Crippen MR) is 82.3 cm³/mol. The molecule has 0 aromatic carbocycles. The zero-order valence-electron chi connectivity index (χ0n) is 13.1. The minimum atomic E-state index is -0.217. The van der Waals surface area contributed by atoms with E-state index < -0.39 is 0 Å². The highest BCUT2D eigenvalue weighted by atomic mass is 16.4. The average Bonchev–Trinajstić information content (AvgIpc) is 3.05. The second-order valence-electron chi connectivity index (χ2n) is 6.06. The molecule has 1 unspecified atom stereocenters. The molecular weight excluding hydrogens is 280 g/mol. The SMILES string of the molecule is Cc1oc(-c2cnn(C)c2)nc1C(=O)NC1(C)CC=CCC1. The predicted octanol–water partition coefficient (Wildman–Crippen LogP) is 2.61. The molecule has 116 valence electrons. The minimum Gasteiger partial charge on any atom is -0.440 e. The van der Waals surface area contributed by atoms with E-state index in [0.29, 0.717) is 17.3 Å². The molecule has 0 fully saturated rings. The third-order valence-corrected chi connectivity index (χ3v) is 3.98. The quantitative estimate of drug-likeness (QED) is 0.884. The molecule has 3 rings (SSSR count). The summed E-state index contributed by atoms with van der Waals surface area (Å²) < 4.78 is 7.29. The summed E-state index contributed by atoms with van der Waals surface area (Å²) in [6.07, 6.45) is 10.5. The molecule has 0 saturated heterocycles. The van der Waals surface area contributed by atoms with Crippen LogP contribution in [0.1, 0.15) is 42.4 Å². The van der Waals surface area contributed by atoms with Gasteiger partial charge in [-0.05, 0) is 33.1 Å². The molecule has 0 saturated carbocycles. The summed E-state index contributed by atoms with van der Waals surface area (Å²) in [5, 5.41) is 7.18. The maximum absolute atomic E-state index is 12.5. The summed E-state index contributed by atoms with van der Waals surface area (Å²) in [7, 11) is 1.82. The zero-order chi connectivity index (χ0) is 15.7. The number of carbonyl (C=O) groups excluding carboxylic acids is 1. The van der Waals surface area contributed by atoms with Crippen molar-refractivity contribution in [3.63, 3.8) is 0 Å². The van der Waals surface area contributed by atoms with Gasteiger partial charge in [0.1, 0.15) is 5.76 Å². The largest absolute Gasteiger partial charge is 0.440 e. The molecule has 1 amide bonds. The topological polar surface area (TPSA) is 73.0 Å². The lowest BCUT2D eigenvalue weighted by Crippen LogP contribution is -2.46. The number of allylic oxidation sites excluding steroid dienone is 1. The first-order valence-electron chi connectivity index (χ1n) is 7.41. The number of aromatic nitrogens is 3. The van der Waals surface area contributed by atoms with Crippen LogP contribution in [-0.2, 0) is 7.05 Å². The van der Waals surface area contributed by atoms with Gasteiger partial charge in [0.05, 0.1) is 11.8 Å². The van der Waals surface area contributed by atoms with Crippen molar-refractivity contribution in [2.45, 2.75) is 38.6 Å². The molecule has 1 atom stereocenters. The van der Waals surface area contributed by atoms with Gasteiger partial charge < -0.3 is 9.73 Å². The van der Waals surface area contributed by atoms with E-state index in [1.807, 2.05) is 7.05 Å². The lowest BCUT2D eigenvalue weighted by atomic mass is 9.87. The Labute approximate surface area is 129 Å². The Morgan fingerprint density at radius 2 is 2.27 bits per heavy atom. The molecule has 1 aliphatic carbocycles. The molecule has 6 heteroatoms. The summed E-state index contributed by atoms with van der Waals surface area (Å²) >= 11 is 0. The van der Waals surface area contributed by atoms with Crippen molar-refractivity contribution < 1.29 is 9.21 Å². The number of carbonyl (C=O) groups is 1. The number of oxazole rings is 1. The Kier molecular flexibility index (Phi) is 3.60. The molecule has 1 N–H and O–H groups in total. The third-order valence-electron chi connectivity index (χ3n) is 3.98. The van der Waals surface area contributed by atoms with Gasteiger partial charge in [-0.25, -0.2) is 4.98 Å². The smallest absolute Gasteiger partial charge is 0.273 e. The molecule has 1 aliphatic rings. The van der Waals surface area contributed by atoms with Crippen LogP contribution in [0.5, 0.6) is 0 Å². The van der Waals surface area contributed by atoms with Crippen molar-refractivity contribution in [1.29, 1.82) is 0 Å². The summed E-state index contributed by atoms with van der Waals surface area (Å²) in [6.45, 7) is 3.82. The highest BCUT2D eigenvalue weighted by Gasteiger charge is 2.29. The van der Waals surface area contributed by atoms with E-state index in [2.05, 4.69) is 34.5 Å². The van der Waals surface area contributed by atoms with Gasteiger partial charge in [0, 0.05) is 18.8 Å². The van der Waals surface area contributed by atoms with E-state index in [1.165, 1.54) is 0 Å². The van der Waals surface area contributed by atoms with E-state index in [4.69, 9.17) is 4.42 Å². The highest BCUT2D eigenvalue weighted by molar-refractivity contribution is 5.94. The van der Waals surface area contributed by atoms with Crippen LogP contribution in [-0.4, -0.2) is 26.2 Å². The van der Waals surface area contributed by atoms with Crippen LogP contribution in [0.3, 0.4) is 0 Å². The van der Waals surface area contributed by atoms with Crippen LogP contribution in [0.15, 0.2) is 29.0 Å². The van der Waals surface area contributed by atoms with Gasteiger partial charge in [-0.1, -0.05) is 12.2 Å². The first-order valence-corrected chi connectivity index (χ1v) is 7.41. The molecule has 0 bridgehead atoms. The standard InChI is InChI=1S/C16H20N4O2/c1-11-13(14(21)19-16(2)7-5-4-6-8-16)18-15(22-11)12-9-17-20(3)10-12/h4-5,9-10H,6-8H2,1-3H3,(H,19,21). The van der Waals surface area contributed by atoms with E-state index in [9.17, 15) is 4.79 Å². The van der Waals surface area contributed by atoms with Crippen molar-refractivity contribution in [3.05, 3.63) is 36.0 Å². The zero-order valence-corrected chi connectivity index (χ0v) is 13.1. The van der Waals surface area contributed by atoms with E-state index in [0.717, 1.165) is 24.8 Å². The molecule has 2 aromatic heterocycles. The normalized spacial score (nSPS) is 21.0. The monoisotopic (exact) mass is 300 g/mol. The fourth-order valence-corrected chi connectivity index (χ4v) is 2.67. The number of hydrogen-bond donors (Lipinski definition) is 1. The molecule has 22 heavy (non-hydrogen) atoms. The van der Waals surface area contributed by atoms with E-state index in [-0.39, 0.29) is 11.4 Å². The van der Waals surface area contributed by atoms with Crippen LogP contribution < -0.4 is 5.32 Å². The van der Waals surface area contributed by atoms with Crippen LogP contribution in [0, 0.1) is 6.92 Å². The average molecular weight is 300 g/mol. The number of hydrogen-bond acceptors (Lipinski definition) is 4. The maximum Gasteiger partial charge on any atom is 0.273 e. The highest BCUT2D eigenvalue weighted by Crippen LogP contribution is 2.25.